The second-order valence-electron chi connectivity index (χ2n) is 6.89. The van der Waals surface area contributed by atoms with Gasteiger partial charge in [-0.1, -0.05) is 19.3 Å². The van der Waals surface area contributed by atoms with Crippen molar-refractivity contribution in [3.05, 3.63) is 0 Å². The first-order valence-corrected chi connectivity index (χ1v) is 8.34. The smallest absolute Gasteiger partial charge is 0.223 e. The Bertz CT molecular complexity index is 308. The summed E-state index contributed by atoms with van der Waals surface area (Å²) in [4.78, 5) is 14.4. The van der Waals surface area contributed by atoms with Crippen LogP contribution in [0.25, 0.3) is 0 Å². The van der Waals surface area contributed by atoms with E-state index in [2.05, 4.69) is 10.2 Å². The van der Waals surface area contributed by atoms with Crippen LogP contribution < -0.4 is 5.32 Å². The molecule has 3 rings (SSSR count). The van der Waals surface area contributed by atoms with Crippen molar-refractivity contribution in [3.63, 3.8) is 0 Å². The number of nitrogens with one attached hydrogen (secondary N) is 1. The van der Waals surface area contributed by atoms with Crippen molar-refractivity contribution in [3.8, 4) is 0 Å². The van der Waals surface area contributed by atoms with Gasteiger partial charge in [0.25, 0.3) is 0 Å². The van der Waals surface area contributed by atoms with E-state index in [1.807, 2.05) is 0 Å². The molecule has 0 aromatic heterocycles. The normalized spacial score (nSPS) is 30.2. The molecule has 3 nitrogen and oxygen atoms in total. The van der Waals surface area contributed by atoms with Crippen molar-refractivity contribution >= 4 is 5.91 Å². The van der Waals surface area contributed by atoms with E-state index in [0.29, 0.717) is 17.9 Å². The highest BCUT2D eigenvalue weighted by molar-refractivity contribution is 5.81. The minimum atomic E-state index is 0.324. The topological polar surface area (TPSA) is 32.3 Å². The van der Waals surface area contributed by atoms with Crippen molar-refractivity contribution in [2.45, 2.75) is 63.8 Å². The molecule has 3 aliphatic rings. The van der Waals surface area contributed by atoms with Gasteiger partial charge < -0.3 is 10.2 Å². The maximum Gasteiger partial charge on any atom is 0.223 e. The summed E-state index contributed by atoms with van der Waals surface area (Å²) >= 11 is 0. The van der Waals surface area contributed by atoms with Crippen LogP contribution in [-0.4, -0.2) is 36.5 Å². The summed E-state index contributed by atoms with van der Waals surface area (Å²) < 4.78 is 0. The van der Waals surface area contributed by atoms with Crippen molar-refractivity contribution in [1.29, 1.82) is 0 Å². The Morgan fingerprint density at radius 3 is 2.53 bits per heavy atom. The number of hydrogen-bond donors (Lipinski definition) is 1. The van der Waals surface area contributed by atoms with Gasteiger partial charge in [-0.05, 0) is 51.0 Å². The highest BCUT2D eigenvalue weighted by Crippen LogP contribution is 2.29. The maximum absolute atomic E-state index is 11.8. The van der Waals surface area contributed by atoms with Gasteiger partial charge in [-0.3, -0.25) is 4.79 Å². The summed E-state index contributed by atoms with van der Waals surface area (Å²) in [5.74, 6) is 1.60. The largest absolute Gasteiger partial charge is 0.352 e. The number of carbonyl (C=O) groups excluding carboxylic acids is 1. The lowest BCUT2D eigenvalue weighted by Gasteiger charge is -2.36. The van der Waals surface area contributed by atoms with Gasteiger partial charge in [-0.2, -0.15) is 0 Å². The molecule has 0 aromatic rings. The predicted octanol–water partition coefficient (Wildman–Crippen LogP) is 2.56. The fourth-order valence-electron chi connectivity index (χ4n) is 3.74. The van der Waals surface area contributed by atoms with Crippen molar-refractivity contribution in [2.24, 2.45) is 11.8 Å². The number of piperidine rings is 1. The van der Waals surface area contributed by atoms with Gasteiger partial charge in [0, 0.05) is 25.0 Å². The number of amides is 1. The van der Waals surface area contributed by atoms with Crippen molar-refractivity contribution < 1.29 is 4.79 Å². The maximum atomic E-state index is 11.8. The summed E-state index contributed by atoms with van der Waals surface area (Å²) in [6.45, 7) is 3.61. The van der Waals surface area contributed by atoms with Crippen LogP contribution in [0.5, 0.6) is 0 Å². The molecule has 3 fully saturated rings. The highest BCUT2D eigenvalue weighted by Gasteiger charge is 2.32. The van der Waals surface area contributed by atoms with E-state index in [0.717, 1.165) is 25.3 Å². The lowest BCUT2D eigenvalue weighted by atomic mass is 9.88. The standard InChI is InChI=1S/C16H28N2O/c19-16(14-8-9-14)17-15-7-4-10-18(12-15)11-13-5-2-1-3-6-13/h13-15H,1-12H2,(H,17,19). The first kappa shape index (κ1) is 13.4. The molecule has 1 amide bonds. The second kappa shape index (κ2) is 6.25. The molecular weight excluding hydrogens is 236 g/mol. The number of carbonyl (C=O) groups is 1. The second-order valence-corrected chi connectivity index (χ2v) is 6.89. The van der Waals surface area contributed by atoms with Crippen LogP contribution in [0.4, 0.5) is 0 Å². The molecule has 2 aliphatic carbocycles. The molecule has 1 atom stereocenters. The van der Waals surface area contributed by atoms with E-state index >= 15 is 0 Å². The molecule has 0 spiro atoms. The van der Waals surface area contributed by atoms with Crippen molar-refractivity contribution in [1.82, 2.24) is 10.2 Å². The van der Waals surface area contributed by atoms with Gasteiger partial charge in [0.15, 0.2) is 0 Å². The van der Waals surface area contributed by atoms with Gasteiger partial charge in [-0.25, -0.2) is 0 Å². The van der Waals surface area contributed by atoms with Crippen LogP contribution in [0.2, 0.25) is 0 Å². The SMILES string of the molecule is O=C(NC1CCCN(CC2CCCCC2)C1)C1CC1. The molecule has 3 heteroatoms. The first-order valence-electron chi connectivity index (χ1n) is 8.34. The number of nitrogens with zero attached hydrogens (tertiary/aromatic N) is 1. The van der Waals surface area contributed by atoms with Gasteiger partial charge >= 0.3 is 0 Å². The molecule has 0 bridgehead atoms. The zero-order valence-corrected chi connectivity index (χ0v) is 12.1. The highest BCUT2D eigenvalue weighted by atomic mass is 16.2. The summed E-state index contributed by atoms with van der Waals surface area (Å²) in [7, 11) is 0. The lowest BCUT2D eigenvalue weighted by Crippen LogP contribution is -2.49. The van der Waals surface area contributed by atoms with E-state index in [1.54, 1.807) is 0 Å². The Morgan fingerprint density at radius 2 is 1.79 bits per heavy atom. The molecule has 0 aromatic carbocycles. The van der Waals surface area contributed by atoms with E-state index in [4.69, 9.17) is 0 Å². The zero-order chi connectivity index (χ0) is 13.1. The van der Waals surface area contributed by atoms with Crippen LogP contribution in [0.1, 0.15) is 57.8 Å². The molecule has 1 saturated heterocycles. The summed E-state index contributed by atoms with van der Waals surface area (Å²) in [6.07, 6.45) is 11.8. The molecule has 1 aliphatic heterocycles. The summed E-state index contributed by atoms with van der Waals surface area (Å²) in [5, 5.41) is 3.27. The average molecular weight is 264 g/mol. The van der Waals surface area contributed by atoms with E-state index in [-0.39, 0.29) is 0 Å². The molecule has 2 saturated carbocycles. The van der Waals surface area contributed by atoms with Gasteiger partial charge in [0.1, 0.15) is 0 Å². The molecule has 1 N–H and O–H groups in total. The monoisotopic (exact) mass is 264 g/mol. The Balaban J connectivity index is 1.42. The van der Waals surface area contributed by atoms with E-state index < -0.39 is 0 Å². The van der Waals surface area contributed by atoms with Crippen LogP contribution in [0.3, 0.4) is 0 Å². The molecule has 1 heterocycles. The molecule has 1 unspecified atom stereocenters. The first-order chi connectivity index (χ1) is 9.31. The Hall–Kier alpha value is -0.570. The van der Waals surface area contributed by atoms with Crippen LogP contribution in [0, 0.1) is 11.8 Å². The third-order valence-corrected chi connectivity index (χ3v) is 5.04. The third kappa shape index (κ3) is 3.95. The van der Waals surface area contributed by atoms with Crippen molar-refractivity contribution in [2.75, 3.05) is 19.6 Å². The van der Waals surface area contributed by atoms with E-state index in [9.17, 15) is 4.79 Å². The van der Waals surface area contributed by atoms with Crippen LogP contribution in [-0.2, 0) is 4.79 Å². The summed E-state index contributed by atoms with van der Waals surface area (Å²) in [5.41, 5.74) is 0. The average Bonchev–Trinajstić information content (AvgIpc) is 3.24. The van der Waals surface area contributed by atoms with Gasteiger partial charge in [-0.15, -0.1) is 0 Å². The Labute approximate surface area is 117 Å². The fraction of sp³-hybridized carbons (Fsp3) is 0.938. The minimum absolute atomic E-state index is 0.324. The Morgan fingerprint density at radius 1 is 1.00 bits per heavy atom. The lowest BCUT2D eigenvalue weighted by molar-refractivity contribution is -0.123. The van der Waals surface area contributed by atoms with Crippen LogP contribution in [0.15, 0.2) is 0 Å². The van der Waals surface area contributed by atoms with E-state index in [1.165, 1.54) is 58.0 Å². The molecule has 108 valence electrons. The number of hydrogen-bond acceptors (Lipinski definition) is 2. The van der Waals surface area contributed by atoms with Crippen LogP contribution >= 0.6 is 0 Å². The van der Waals surface area contributed by atoms with Gasteiger partial charge in [0.2, 0.25) is 5.91 Å². The molecular formula is C16H28N2O. The predicted molar refractivity (Wildman–Crippen MR) is 76.9 cm³/mol. The number of likely N-dealkylation sites (tertiary alicyclic amines) is 1. The molecule has 0 radical (unpaired) electrons. The zero-order valence-electron chi connectivity index (χ0n) is 12.1. The quantitative estimate of drug-likeness (QED) is 0.846. The minimum Gasteiger partial charge on any atom is -0.352 e. The molecule has 19 heavy (non-hydrogen) atoms. The fourth-order valence-corrected chi connectivity index (χ4v) is 3.74. The van der Waals surface area contributed by atoms with Gasteiger partial charge in [0.05, 0.1) is 0 Å². The third-order valence-electron chi connectivity index (χ3n) is 5.04. The Kier molecular flexibility index (Phi) is 4.42. The number of rotatable bonds is 4. The summed E-state index contributed by atoms with van der Waals surface area (Å²) in [6, 6.07) is 0.422.